The van der Waals surface area contributed by atoms with Gasteiger partial charge in [0.05, 0.1) is 11.9 Å². The third-order valence-corrected chi connectivity index (χ3v) is 3.34. The van der Waals surface area contributed by atoms with Crippen molar-refractivity contribution >= 4 is 23.7 Å². The van der Waals surface area contributed by atoms with E-state index in [0.29, 0.717) is 5.69 Å². The fraction of sp³-hybridized carbons (Fsp3) is 0.118. The molecule has 0 bridgehead atoms. The summed E-state index contributed by atoms with van der Waals surface area (Å²) in [6, 6.07) is 9.74. The van der Waals surface area contributed by atoms with E-state index in [-0.39, 0.29) is 5.91 Å². The lowest BCUT2D eigenvalue weighted by Crippen LogP contribution is -2.19. The minimum absolute atomic E-state index is 0.158. The molecule has 0 fully saturated rings. The number of nitrogens with one attached hydrogen (secondary N) is 1. The molecular formula is C17H16N4O. The first-order chi connectivity index (χ1) is 10.7. The summed E-state index contributed by atoms with van der Waals surface area (Å²) in [6.45, 7) is 1.96. The van der Waals surface area contributed by atoms with E-state index in [1.165, 1.54) is 0 Å². The van der Waals surface area contributed by atoms with Crippen LogP contribution in [0.3, 0.4) is 0 Å². The number of amides is 1. The second kappa shape index (κ2) is 5.81. The quantitative estimate of drug-likeness (QED) is 0.807. The van der Waals surface area contributed by atoms with Gasteiger partial charge in [-0.1, -0.05) is 12.1 Å². The molecule has 0 saturated carbocycles. The fourth-order valence-electron chi connectivity index (χ4n) is 2.23. The molecule has 110 valence electrons. The van der Waals surface area contributed by atoms with Crippen molar-refractivity contribution in [3.63, 3.8) is 0 Å². The Morgan fingerprint density at radius 2 is 2.09 bits per heavy atom. The highest BCUT2D eigenvalue weighted by Gasteiger charge is 2.09. The first-order valence-electron chi connectivity index (χ1n) is 6.98. The number of rotatable bonds is 3. The number of fused-ring (bicyclic) bond motifs is 1. The lowest BCUT2D eigenvalue weighted by molar-refractivity contribution is 0.0957. The van der Waals surface area contributed by atoms with Gasteiger partial charge in [-0.3, -0.25) is 14.2 Å². The Kier molecular flexibility index (Phi) is 3.70. The van der Waals surface area contributed by atoms with E-state index < -0.39 is 0 Å². The first kappa shape index (κ1) is 14.0. The SMILES string of the molecule is CNC(=O)c1cnc2ccc(/C=C/c3cccc(C)n3)cn12. The number of nitrogens with zero attached hydrogens (tertiary/aromatic N) is 3. The van der Waals surface area contributed by atoms with Crippen LogP contribution in [-0.4, -0.2) is 27.3 Å². The van der Waals surface area contributed by atoms with Crippen molar-refractivity contribution in [2.45, 2.75) is 6.92 Å². The van der Waals surface area contributed by atoms with Gasteiger partial charge in [0.2, 0.25) is 0 Å². The molecule has 0 aliphatic heterocycles. The highest BCUT2D eigenvalue weighted by molar-refractivity contribution is 5.93. The maximum absolute atomic E-state index is 11.8. The standard InChI is InChI=1S/C17H16N4O/c1-12-4-3-5-14(20-12)8-6-13-7-9-16-19-10-15(17(22)18-2)21(16)11-13/h3-11H,1-2H3,(H,18,22)/b8-6+. The summed E-state index contributed by atoms with van der Waals surface area (Å²) >= 11 is 0. The van der Waals surface area contributed by atoms with Crippen molar-refractivity contribution in [2.24, 2.45) is 0 Å². The average Bonchev–Trinajstić information content (AvgIpc) is 2.95. The summed E-state index contributed by atoms with van der Waals surface area (Å²) in [7, 11) is 1.61. The van der Waals surface area contributed by atoms with E-state index in [1.807, 2.05) is 55.6 Å². The van der Waals surface area contributed by atoms with Gasteiger partial charge in [0, 0.05) is 18.9 Å². The minimum Gasteiger partial charge on any atom is -0.354 e. The van der Waals surface area contributed by atoms with E-state index >= 15 is 0 Å². The number of aryl methyl sites for hydroxylation is 1. The van der Waals surface area contributed by atoms with Crippen LogP contribution in [0.1, 0.15) is 27.4 Å². The molecule has 3 aromatic heterocycles. The van der Waals surface area contributed by atoms with E-state index in [1.54, 1.807) is 17.6 Å². The number of imidazole rings is 1. The van der Waals surface area contributed by atoms with Crippen LogP contribution in [0.5, 0.6) is 0 Å². The summed E-state index contributed by atoms with van der Waals surface area (Å²) in [5.74, 6) is -0.158. The van der Waals surface area contributed by atoms with Crippen molar-refractivity contribution < 1.29 is 4.79 Å². The predicted octanol–water partition coefficient (Wildman–Crippen LogP) is 2.57. The number of carbonyl (C=O) groups excluding carboxylic acids is 1. The molecule has 22 heavy (non-hydrogen) atoms. The van der Waals surface area contributed by atoms with Crippen LogP contribution in [0.15, 0.2) is 42.7 Å². The van der Waals surface area contributed by atoms with Crippen LogP contribution >= 0.6 is 0 Å². The van der Waals surface area contributed by atoms with E-state index in [2.05, 4.69) is 15.3 Å². The molecule has 3 aromatic rings. The van der Waals surface area contributed by atoms with Gasteiger partial charge in [0.25, 0.3) is 5.91 Å². The molecule has 3 heterocycles. The fourth-order valence-corrected chi connectivity index (χ4v) is 2.23. The molecule has 1 N–H and O–H groups in total. The lowest BCUT2D eigenvalue weighted by Gasteiger charge is -2.02. The molecule has 0 radical (unpaired) electrons. The van der Waals surface area contributed by atoms with E-state index in [0.717, 1.165) is 22.6 Å². The number of aromatic nitrogens is 3. The minimum atomic E-state index is -0.158. The molecule has 0 aromatic carbocycles. The largest absolute Gasteiger partial charge is 0.354 e. The van der Waals surface area contributed by atoms with Gasteiger partial charge >= 0.3 is 0 Å². The summed E-state index contributed by atoms with van der Waals surface area (Å²) in [5, 5.41) is 2.62. The molecule has 0 aliphatic carbocycles. The highest BCUT2D eigenvalue weighted by Crippen LogP contribution is 2.12. The molecule has 0 saturated heterocycles. The third-order valence-electron chi connectivity index (χ3n) is 3.34. The maximum Gasteiger partial charge on any atom is 0.269 e. The first-order valence-corrected chi connectivity index (χ1v) is 6.98. The second-order valence-electron chi connectivity index (χ2n) is 4.95. The van der Waals surface area contributed by atoms with Gasteiger partial charge in [-0.05, 0) is 42.8 Å². The molecule has 0 unspecified atom stereocenters. The second-order valence-corrected chi connectivity index (χ2v) is 4.95. The predicted molar refractivity (Wildman–Crippen MR) is 86.5 cm³/mol. The normalized spacial score (nSPS) is 11.2. The molecule has 0 spiro atoms. The topological polar surface area (TPSA) is 59.3 Å². The summed E-state index contributed by atoms with van der Waals surface area (Å²) < 4.78 is 1.78. The van der Waals surface area contributed by atoms with Crippen molar-refractivity contribution in [3.8, 4) is 0 Å². The molecule has 1 amide bonds. The Balaban J connectivity index is 1.96. The number of hydrogen-bond acceptors (Lipinski definition) is 3. The summed E-state index contributed by atoms with van der Waals surface area (Å²) in [5.41, 5.74) is 4.11. The van der Waals surface area contributed by atoms with Gasteiger partial charge < -0.3 is 5.32 Å². The summed E-state index contributed by atoms with van der Waals surface area (Å²) in [4.78, 5) is 20.5. The van der Waals surface area contributed by atoms with Gasteiger partial charge in [0.15, 0.2) is 0 Å². The maximum atomic E-state index is 11.8. The summed E-state index contributed by atoms with van der Waals surface area (Å²) in [6.07, 6.45) is 7.38. The smallest absolute Gasteiger partial charge is 0.269 e. The zero-order valence-corrected chi connectivity index (χ0v) is 12.4. The Bertz CT molecular complexity index is 864. The van der Waals surface area contributed by atoms with Crippen LogP contribution in [0.2, 0.25) is 0 Å². The van der Waals surface area contributed by atoms with Crippen molar-refractivity contribution in [1.82, 2.24) is 19.7 Å². The molecule has 3 rings (SSSR count). The molecular weight excluding hydrogens is 276 g/mol. The molecule has 5 heteroatoms. The lowest BCUT2D eigenvalue weighted by atomic mass is 10.2. The van der Waals surface area contributed by atoms with Gasteiger partial charge in [-0.25, -0.2) is 4.98 Å². The van der Waals surface area contributed by atoms with Crippen LogP contribution in [0.25, 0.3) is 17.8 Å². The molecule has 0 aliphatic rings. The van der Waals surface area contributed by atoms with Crippen LogP contribution in [0.4, 0.5) is 0 Å². The van der Waals surface area contributed by atoms with Crippen molar-refractivity contribution in [1.29, 1.82) is 0 Å². The van der Waals surface area contributed by atoms with Crippen LogP contribution in [0, 0.1) is 6.92 Å². The molecule has 5 nitrogen and oxygen atoms in total. The number of pyridine rings is 2. The Morgan fingerprint density at radius 3 is 2.86 bits per heavy atom. The van der Waals surface area contributed by atoms with Gasteiger partial charge in [-0.15, -0.1) is 0 Å². The Labute approximate surface area is 128 Å². The third kappa shape index (κ3) is 2.74. The number of carbonyl (C=O) groups is 1. The van der Waals surface area contributed by atoms with Crippen LogP contribution in [-0.2, 0) is 0 Å². The number of hydrogen-bond donors (Lipinski definition) is 1. The monoisotopic (exact) mass is 292 g/mol. The van der Waals surface area contributed by atoms with Crippen LogP contribution < -0.4 is 5.32 Å². The molecule has 0 atom stereocenters. The Hall–Kier alpha value is -2.95. The Morgan fingerprint density at radius 1 is 1.23 bits per heavy atom. The van der Waals surface area contributed by atoms with Crippen molar-refractivity contribution in [3.05, 3.63) is 65.4 Å². The zero-order valence-electron chi connectivity index (χ0n) is 12.4. The van der Waals surface area contributed by atoms with Gasteiger partial charge in [-0.2, -0.15) is 0 Å². The van der Waals surface area contributed by atoms with E-state index in [4.69, 9.17) is 0 Å². The average molecular weight is 292 g/mol. The highest BCUT2D eigenvalue weighted by atomic mass is 16.1. The van der Waals surface area contributed by atoms with Crippen molar-refractivity contribution in [2.75, 3.05) is 7.05 Å². The van der Waals surface area contributed by atoms with E-state index in [9.17, 15) is 4.79 Å². The zero-order chi connectivity index (χ0) is 15.5. The van der Waals surface area contributed by atoms with Gasteiger partial charge in [0.1, 0.15) is 11.3 Å².